The van der Waals surface area contributed by atoms with Gasteiger partial charge in [0.25, 0.3) is 0 Å². The van der Waals surface area contributed by atoms with Gasteiger partial charge in [0.05, 0.1) is 18.7 Å². The monoisotopic (exact) mass is 402 g/mol. The average Bonchev–Trinajstić information content (AvgIpc) is 3.15. The summed E-state index contributed by atoms with van der Waals surface area (Å²) in [4.78, 5) is 32.2. The van der Waals surface area contributed by atoms with Gasteiger partial charge in [-0.1, -0.05) is 19.1 Å². The summed E-state index contributed by atoms with van der Waals surface area (Å²) in [5.41, 5.74) is 3.04. The van der Waals surface area contributed by atoms with Crippen LogP contribution in [0.3, 0.4) is 0 Å². The molecule has 0 atom stereocenters. The fraction of sp³-hybridized carbons (Fsp3) is 0.450. The summed E-state index contributed by atoms with van der Waals surface area (Å²) in [6, 6.07) is 8.26. The number of carbonyl (C=O) groups is 2. The van der Waals surface area contributed by atoms with E-state index in [4.69, 9.17) is 4.74 Å². The maximum absolute atomic E-state index is 12.5. The molecule has 1 N–H and O–H groups in total. The first-order valence-electron chi connectivity index (χ1n) is 9.59. The van der Waals surface area contributed by atoms with E-state index in [9.17, 15) is 9.59 Å². The van der Waals surface area contributed by atoms with Crippen LogP contribution in [0.25, 0.3) is 0 Å². The first-order valence-corrected chi connectivity index (χ1v) is 10.5. The van der Waals surface area contributed by atoms with E-state index in [-0.39, 0.29) is 18.4 Å². The van der Waals surface area contributed by atoms with Crippen molar-refractivity contribution in [1.29, 1.82) is 0 Å². The summed E-state index contributed by atoms with van der Waals surface area (Å²) < 4.78 is 5.01. The maximum Gasteiger partial charge on any atom is 0.409 e. The van der Waals surface area contributed by atoms with Crippen LogP contribution in [0, 0.1) is 0 Å². The summed E-state index contributed by atoms with van der Waals surface area (Å²) in [5.74, 6) is 0.0349. The zero-order valence-electron chi connectivity index (χ0n) is 16.3. The smallest absolute Gasteiger partial charge is 0.409 e. The van der Waals surface area contributed by atoms with E-state index in [2.05, 4.69) is 29.4 Å². The van der Waals surface area contributed by atoms with Crippen LogP contribution < -0.4 is 5.32 Å². The number of aromatic nitrogens is 1. The second-order valence-corrected chi connectivity index (χ2v) is 7.42. The minimum Gasteiger partial charge on any atom is -0.450 e. The highest BCUT2D eigenvalue weighted by Crippen LogP contribution is 2.22. The molecule has 28 heavy (non-hydrogen) atoms. The Morgan fingerprint density at radius 1 is 1.11 bits per heavy atom. The standard InChI is InChI=1S/C20H26N4O3S/c1-3-15-5-7-16(8-6-15)21-19-22-17(14-28-19)13-18(25)23-9-11-24(12-10-23)20(26)27-4-2/h5-8,14H,3-4,9-13H2,1-2H3,(H,21,22). The van der Waals surface area contributed by atoms with Gasteiger partial charge in [0.1, 0.15) is 0 Å². The second kappa shape index (κ2) is 9.54. The highest BCUT2D eigenvalue weighted by Gasteiger charge is 2.25. The number of carbonyl (C=O) groups excluding carboxylic acids is 2. The molecule has 1 fully saturated rings. The fourth-order valence-corrected chi connectivity index (χ4v) is 3.74. The number of ether oxygens (including phenoxy) is 1. The molecule has 1 aromatic carbocycles. The molecule has 0 unspecified atom stereocenters. The van der Waals surface area contributed by atoms with Crippen molar-refractivity contribution in [3.63, 3.8) is 0 Å². The molecular weight excluding hydrogens is 376 g/mol. The summed E-state index contributed by atoms with van der Waals surface area (Å²) in [5, 5.41) is 5.97. The molecular formula is C20H26N4O3S. The predicted octanol–water partition coefficient (Wildman–Crippen LogP) is 3.29. The highest BCUT2D eigenvalue weighted by molar-refractivity contribution is 7.13. The molecule has 0 aliphatic carbocycles. The highest BCUT2D eigenvalue weighted by atomic mass is 32.1. The first-order chi connectivity index (χ1) is 13.6. The number of amides is 2. The largest absolute Gasteiger partial charge is 0.450 e. The van der Waals surface area contributed by atoms with E-state index in [1.54, 1.807) is 16.7 Å². The second-order valence-electron chi connectivity index (χ2n) is 6.56. The Kier molecular flexibility index (Phi) is 6.86. The van der Waals surface area contributed by atoms with Gasteiger partial charge in [-0.15, -0.1) is 11.3 Å². The topological polar surface area (TPSA) is 74.8 Å². The molecule has 3 rings (SSSR count). The summed E-state index contributed by atoms with van der Waals surface area (Å²) >= 11 is 1.49. The Morgan fingerprint density at radius 2 is 1.79 bits per heavy atom. The summed E-state index contributed by atoms with van der Waals surface area (Å²) in [6.07, 6.45) is 0.973. The van der Waals surface area contributed by atoms with Crippen molar-refractivity contribution in [1.82, 2.24) is 14.8 Å². The summed E-state index contributed by atoms with van der Waals surface area (Å²) in [7, 11) is 0. The third-order valence-corrected chi connectivity index (χ3v) is 5.46. The van der Waals surface area contributed by atoms with E-state index >= 15 is 0 Å². The molecule has 0 bridgehead atoms. The Labute approximate surface area is 169 Å². The SMILES string of the molecule is CCOC(=O)N1CCN(C(=O)Cc2csc(Nc3ccc(CC)cc3)n2)CC1. The van der Waals surface area contributed by atoms with Gasteiger partial charge in [0, 0.05) is 37.2 Å². The van der Waals surface area contributed by atoms with E-state index in [1.807, 2.05) is 17.5 Å². The van der Waals surface area contributed by atoms with Gasteiger partial charge in [-0.2, -0.15) is 0 Å². The molecule has 1 aliphatic heterocycles. The quantitative estimate of drug-likeness (QED) is 0.803. The first kappa shape index (κ1) is 20.1. The Morgan fingerprint density at radius 3 is 2.43 bits per heavy atom. The van der Waals surface area contributed by atoms with Crippen LogP contribution in [-0.2, 0) is 22.4 Å². The molecule has 2 aromatic rings. The van der Waals surface area contributed by atoms with Crippen molar-refractivity contribution in [3.05, 3.63) is 40.9 Å². The average molecular weight is 403 g/mol. The van der Waals surface area contributed by atoms with E-state index in [1.165, 1.54) is 16.9 Å². The molecule has 2 amide bonds. The minimum absolute atomic E-state index is 0.0349. The van der Waals surface area contributed by atoms with Crippen LogP contribution in [0.5, 0.6) is 0 Å². The molecule has 8 heteroatoms. The zero-order chi connectivity index (χ0) is 19.9. The number of piperazine rings is 1. The molecule has 7 nitrogen and oxygen atoms in total. The molecule has 0 saturated carbocycles. The van der Waals surface area contributed by atoms with Crippen LogP contribution in [-0.4, -0.2) is 59.6 Å². The minimum atomic E-state index is -0.309. The third kappa shape index (κ3) is 5.22. The van der Waals surface area contributed by atoms with E-state index in [0.717, 1.165) is 22.9 Å². The Bertz CT molecular complexity index is 798. The Balaban J connectivity index is 1.49. The van der Waals surface area contributed by atoms with Crippen LogP contribution in [0.4, 0.5) is 15.6 Å². The van der Waals surface area contributed by atoms with Crippen molar-refractivity contribution in [3.8, 4) is 0 Å². The van der Waals surface area contributed by atoms with Crippen LogP contribution in [0.1, 0.15) is 25.1 Å². The number of nitrogens with zero attached hydrogens (tertiary/aromatic N) is 3. The predicted molar refractivity (Wildman–Crippen MR) is 110 cm³/mol. The van der Waals surface area contributed by atoms with E-state index in [0.29, 0.717) is 32.8 Å². The molecule has 1 aliphatic rings. The normalized spacial score (nSPS) is 14.1. The fourth-order valence-electron chi connectivity index (χ4n) is 3.01. The molecule has 1 aromatic heterocycles. The van der Waals surface area contributed by atoms with Crippen molar-refractivity contribution >= 4 is 34.2 Å². The number of rotatable bonds is 6. The molecule has 2 heterocycles. The zero-order valence-corrected chi connectivity index (χ0v) is 17.1. The number of hydrogen-bond acceptors (Lipinski definition) is 6. The molecule has 150 valence electrons. The van der Waals surface area contributed by atoms with Gasteiger partial charge >= 0.3 is 6.09 Å². The van der Waals surface area contributed by atoms with Crippen molar-refractivity contribution in [2.75, 3.05) is 38.1 Å². The maximum atomic E-state index is 12.5. The van der Waals surface area contributed by atoms with Gasteiger partial charge in [0.15, 0.2) is 5.13 Å². The van der Waals surface area contributed by atoms with Gasteiger partial charge in [-0.25, -0.2) is 9.78 Å². The van der Waals surface area contributed by atoms with Crippen LogP contribution in [0.2, 0.25) is 0 Å². The lowest BCUT2D eigenvalue weighted by Gasteiger charge is -2.34. The molecule has 1 saturated heterocycles. The molecule has 0 spiro atoms. The van der Waals surface area contributed by atoms with Crippen molar-refractivity contribution in [2.45, 2.75) is 26.7 Å². The van der Waals surface area contributed by atoms with Crippen LogP contribution in [0.15, 0.2) is 29.6 Å². The third-order valence-electron chi connectivity index (χ3n) is 4.66. The van der Waals surface area contributed by atoms with E-state index < -0.39 is 0 Å². The van der Waals surface area contributed by atoms with Crippen LogP contribution >= 0.6 is 11.3 Å². The Hall–Kier alpha value is -2.61. The lowest BCUT2D eigenvalue weighted by Crippen LogP contribution is -2.51. The van der Waals surface area contributed by atoms with Crippen molar-refractivity contribution < 1.29 is 14.3 Å². The number of nitrogens with one attached hydrogen (secondary N) is 1. The van der Waals surface area contributed by atoms with Gasteiger partial charge in [-0.05, 0) is 31.0 Å². The van der Waals surface area contributed by atoms with Gasteiger partial charge in [0.2, 0.25) is 5.91 Å². The summed E-state index contributed by atoms with van der Waals surface area (Å²) in [6.45, 7) is 6.33. The number of benzene rings is 1. The lowest BCUT2D eigenvalue weighted by atomic mass is 10.1. The number of hydrogen-bond donors (Lipinski definition) is 1. The van der Waals surface area contributed by atoms with Gasteiger partial charge < -0.3 is 19.9 Å². The number of anilines is 2. The van der Waals surface area contributed by atoms with Crippen molar-refractivity contribution in [2.24, 2.45) is 0 Å². The molecule has 0 radical (unpaired) electrons. The number of aryl methyl sites for hydroxylation is 1. The van der Waals surface area contributed by atoms with Gasteiger partial charge in [-0.3, -0.25) is 4.79 Å². The number of thiazole rings is 1. The lowest BCUT2D eigenvalue weighted by molar-refractivity contribution is -0.132.